The van der Waals surface area contributed by atoms with Gasteiger partial charge in [-0.25, -0.2) is 0 Å². The van der Waals surface area contributed by atoms with Crippen LogP contribution in [0.2, 0.25) is 0 Å². The molecule has 0 spiro atoms. The van der Waals surface area contributed by atoms with E-state index < -0.39 is 0 Å². The van der Waals surface area contributed by atoms with Gasteiger partial charge in [0.05, 0.1) is 16.9 Å². The van der Waals surface area contributed by atoms with E-state index in [4.69, 9.17) is 0 Å². The van der Waals surface area contributed by atoms with Gasteiger partial charge in [0.25, 0.3) is 0 Å². The molecule has 1 aromatic heterocycles. The predicted octanol–water partition coefficient (Wildman–Crippen LogP) is 11.4. The highest BCUT2D eigenvalue weighted by molar-refractivity contribution is 6.10. The third-order valence-electron chi connectivity index (χ3n) is 10.3. The Labute approximate surface area is 274 Å². The smallest absolute Gasteiger partial charge is 0.0616 e. The molecule has 222 valence electrons. The fourth-order valence-electron chi connectivity index (χ4n) is 8.29. The van der Waals surface area contributed by atoms with Crippen molar-refractivity contribution in [3.05, 3.63) is 191 Å². The molecule has 8 aromatic rings. The number of nitrogens with zero attached hydrogens (tertiary/aromatic N) is 2. The van der Waals surface area contributed by atoms with E-state index in [1.165, 1.54) is 83.2 Å². The minimum atomic E-state index is 0.280. The number of benzene rings is 7. The molecule has 2 nitrogen and oxygen atoms in total. The summed E-state index contributed by atoms with van der Waals surface area (Å²) in [6.07, 6.45) is 4.38. The van der Waals surface area contributed by atoms with Gasteiger partial charge in [-0.15, -0.1) is 0 Å². The predicted molar refractivity (Wildman–Crippen MR) is 197 cm³/mol. The number of fused-ring (bicyclic) bond motifs is 9. The number of allylic oxidation sites excluding steroid dienone is 1. The highest BCUT2D eigenvalue weighted by atomic mass is 15.2. The van der Waals surface area contributed by atoms with Crippen molar-refractivity contribution >= 4 is 49.9 Å². The van der Waals surface area contributed by atoms with E-state index in [-0.39, 0.29) is 5.92 Å². The third-order valence-corrected chi connectivity index (χ3v) is 10.3. The van der Waals surface area contributed by atoms with Gasteiger partial charge >= 0.3 is 0 Å². The van der Waals surface area contributed by atoms with Crippen molar-refractivity contribution in [2.45, 2.75) is 18.8 Å². The summed E-state index contributed by atoms with van der Waals surface area (Å²) in [7, 11) is 0. The number of anilines is 2. The molecule has 1 atom stereocenters. The third kappa shape index (κ3) is 3.98. The molecule has 0 saturated carbocycles. The van der Waals surface area contributed by atoms with Crippen LogP contribution in [0.1, 0.15) is 33.9 Å². The Morgan fingerprint density at radius 1 is 0.532 bits per heavy atom. The Bertz CT molecular complexity index is 2520. The number of aromatic nitrogens is 1. The standard InChI is InChI=1S/C45H32N2/c1-3-13-30(14-4-1)27-32-24-26-42(36-20-10-9-18-34(32)36)47-41-22-12-11-21-37(41)39-28-40-38-25-23-31-15-7-8-19-35(31)45(38)46(43(40)29-44(39)47)33-16-5-2-6-17-33/h1-26,29,39H,27-28H2. The lowest BCUT2D eigenvalue weighted by Crippen LogP contribution is -2.18. The van der Waals surface area contributed by atoms with E-state index in [9.17, 15) is 0 Å². The highest BCUT2D eigenvalue weighted by Gasteiger charge is 2.39. The molecule has 0 bridgehead atoms. The zero-order valence-electron chi connectivity index (χ0n) is 26.0. The van der Waals surface area contributed by atoms with Crippen LogP contribution in [0, 0.1) is 0 Å². The summed E-state index contributed by atoms with van der Waals surface area (Å²) in [5, 5.41) is 6.52. The summed E-state index contributed by atoms with van der Waals surface area (Å²) in [5.41, 5.74) is 13.2. The summed E-state index contributed by atoms with van der Waals surface area (Å²) >= 11 is 0. The first kappa shape index (κ1) is 26.4. The van der Waals surface area contributed by atoms with Crippen molar-refractivity contribution in [3.8, 4) is 5.69 Å². The maximum atomic E-state index is 2.56. The summed E-state index contributed by atoms with van der Waals surface area (Å²) in [4.78, 5) is 2.56. The minimum absolute atomic E-state index is 0.280. The van der Waals surface area contributed by atoms with Gasteiger partial charge in [0.2, 0.25) is 0 Å². The number of rotatable bonds is 4. The summed E-state index contributed by atoms with van der Waals surface area (Å²) in [5.74, 6) is 0.280. The fourth-order valence-corrected chi connectivity index (χ4v) is 8.29. The van der Waals surface area contributed by atoms with Gasteiger partial charge in [-0.1, -0.05) is 133 Å². The monoisotopic (exact) mass is 600 g/mol. The second-order valence-corrected chi connectivity index (χ2v) is 12.9. The van der Waals surface area contributed by atoms with Crippen molar-refractivity contribution in [1.29, 1.82) is 0 Å². The van der Waals surface area contributed by atoms with Gasteiger partial charge in [-0.2, -0.15) is 0 Å². The molecule has 1 aliphatic heterocycles. The number of para-hydroxylation sites is 2. The van der Waals surface area contributed by atoms with Crippen molar-refractivity contribution in [2.24, 2.45) is 0 Å². The quantitative estimate of drug-likeness (QED) is 0.195. The van der Waals surface area contributed by atoms with Crippen LogP contribution in [0.15, 0.2) is 163 Å². The first-order valence-electron chi connectivity index (χ1n) is 16.6. The van der Waals surface area contributed by atoms with Crippen LogP contribution < -0.4 is 4.90 Å². The molecule has 0 N–H and O–H groups in total. The first-order valence-corrected chi connectivity index (χ1v) is 16.6. The lowest BCUT2D eigenvalue weighted by atomic mass is 9.86. The SMILES string of the molecule is C1=C2C(Cc3c1n(-c1ccccc1)c1c3ccc3ccccc31)c1ccccc1N2c1ccc(Cc2ccccc2)c2ccccc12. The van der Waals surface area contributed by atoms with E-state index in [1.807, 2.05) is 0 Å². The van der Waals surface area contributed by atoms with Crippen LogP contribution in [-0.4, -0.2) is 4.57 Å². The molecular formula is C45H32N2. The maximum absolute atomic E-state index is 2.56. The number of hydrogen-bond donors (Lipinski definition) is 0. The maximum Gasteiger partial charge on any atom is 0.0616 e. The average molecular weight is 601 g/mol. The molecule has 7 aromatic carbocycles. The zero-order valence-corrected chi connectivity index (χ0v) is 26.0. The van der Waals surface area contributed by atoms with Gasteiger partial charge in [0.15, 0.2) is 0 Å². The molecule has 0 fully saturated rings. The van der Waals surface area contributed by atoms with E-state index in [1.54, 1.807) is 0 Å². The van der Waals surface area contributed by atoms with Gasteiger partial charge in [-0.05, 0) is 76.2 Å². The molecule has 2 heteroatoms. The van der Waals surface area contributed by atoms with Crippen LogP contribution >= 0.6 is 0 Å². The largest absolute Gasteiger partial charge is 0.313 e. The average Bonchev–Trinajstić information content (AvgIpc) is 3.64. The van der Waals surface area contributed by atoms with E-state index in [2.05, 4.69) is 173 Å². The first-order chi connectivity index (χ1) is 23.3. The Hall–Kier alpha value is -5.86. The summed E-state index contributed by atoms with van der Waals surface area (Å²) in [6.45, 7) is 0. The van der Waals surface area contributed by atoms with E-state index >= 15 is 0 Å². The van der Waals surface area contributed by atoms with Gasteiger partial charge in [0, 0.05) is 39.1 Å². The molecule has 0 amide bonds. The van der Waals surface area contributed by atoms with Crippen LogP contribution in [0.5, 0.6) is 0 Å². The molecule has 1 aliphatic carbocycles. The number of hydrogen-bond acceptors (Lipinski definition) is 1. The van der Waals surface area contributed by atoms with Crippen molar-refractivity contribution in [3.63, 3.8) is 0 Å². The van der Waals surface area contributed by atoms with Crippen LogP contribution in [0.3, 0.4) is 0 Å². The molecule has 0 radical (unpaired) electrons. The normalized spacial score (nSPS) is 15.1. The second kappa shape index (κ2) is 10.3. The van der Waals surface area contributed by atoms with Gasteiger partial charge in [-0.3, -0.25) is 0 Å². The lowest BCUT2D eigenvalue weighted by Gasteiger charge is -2.28. The lowest BCUT2D eigenvalue weighted by molar-refractivity contribution is 0.797. The topological polar surface area (TPSA) is 8.17 Å². The Kier molecular flexibility index (Phi) is 5.80. The summed E-state index contributed by atoms with van der Waals surface area (Å²) in [6, 6.07) is 57.9. The Balaban J connectivity index is 1.23. The second-order valence-electron chi connectivity index (χ2n) is 12.9. The Morgan fingerprint density at radius 3 is 2.09 bits per heavy atom. The molecular weight excluding hydrogens is 569 g/mol. The highest BCUT2D eigenvalue weighted by Crippen LogP contribution is 2.54. The van der Waals surface area contributed by atoms with Crippen molar-refractivity contribution in [2.75, 3.05) is 4.90 Å². The Morgan fingerprint density at radius 2 is 1.23 bits per heavy atom. The van der Waals surface area contributed by atoms with Crippen molar-refractivity contribution in [1.82, 2.24) is 4.57 Å². The molecule has 47 heavy (non-hydrogen) atoms. The van der Waals surface area contributed by atoms with Crippen LogP contribution in [0.25, 0.3) is 44.2 Å². The van der Waals surface area contributed by atoms with Crippen molar-refractivity contribution < 1.29 is 0 Å². The van der Waals surface area contributed by atoms with Gasteiger partial charge < -0.3 is 9.47 Å². The summed E-state index contributed by atoms with van der Waals surface area (Å²) < 4.78 is 2.51. The molecule has 2 heterocycles. The minimum Gasteiger partial charge on any atom is -0.313 e. The van der Waals surface area contributed by atoms with Crippen LogP contribution in [0.4, 0.5) is 11.4 Å². The zero-order chi connectivity index (χ0) is 30.9. The molecule has 0 saturated heterocycles. The van der Waals surface area contributed by atoms with Gasteiger partial charge in [0.1, 0.15) is 0 Å². The fraction of sp³-hybridized carbons (Fsp3) is 0.0667. The molecule has 1 unspecified atom stereocenters. The molecule has 10 rings (SSSR count). The van der Waals surface area contributed by atoms with E-state index in [0.717, 1.165) is 12.8 Å². The van der Waals surface area contributed by atoms with E-state index in [0.29, 0.717) is 0 Å². The van der Waals surface area contributed by atoms with Crippen LogP contribution in [-0.2, 0) is 12.8 Å². The molecule has 2 aliphatic rings.